The summed E-state index contributed by atoms with van der Waals surface area (Å²) in [6, 6.07) is 74.6. The van der Waals surface area contributed by atoms with Crippen molar-refractivity contribution in [2.24, 2.45) is 0 Å². The highest BCUT2D eigenvalue weighted by molar-refractivity contribution is 6.06. The van der Waals surface area contributed by atoms with Gasteiger partial charge in [0.2, 0.25) is 0 Å². The molecular weight excluding hydrogens is 729 g/mol. The van der Waals surface area contributed by atoms with Gasteiger partial charge in [-0.3, -0.25) is 4.98 Å². The van der Waals surface area contributed by atoms with Crippen molar-refractivity contribution in [1.82, 2.24) is 19.9 Å². The summed E-state index contributed by atoms with van der Waals surface area (Å²) in [5.41, 5.74) is 15.7. The maximum Gasteiger partial charge on any atom is 0.160 e. The number of rotatable bonds is 7. The van der Waals surface area contributed by atoms with E-state index in [9.17, 15) is 0 Å². The molecular formula is C56H36N4. The molecule has 0 aliphatic rings. The molecule has 11 rings (SSSR count). The summed E-state index contributed by atoms with van der Waals surface area (Å²) in [6.07, 6.45) is 1.83. The molecule has 0 saturated heterocycles. The molecule has 4 heteroatoms. The Bertz CT molecular complexity index is 3340. The smallest absolute Gasteiger partial charge is 0.160 e. The molecule has 0 aliphatic carbocycles. The van der Waals surface area contributed by atoms with Crippen LogP contribution in [-0.4, -0.2) is 19.9 Å². The molecule has 0 bridgehead atoms. The highest BCUT2D eigenvalue weighted by Crippen LogP contribution is 2.38. The minimum atomic E-state index is 0.700. The summed E-state index contributed by atoms with van der Waals surface area (Å²) in [5.74, 6) is 0.700. The normalized spacial score (nSPS) is 11.3. The van der Waals surface area contributed by atoms with E-state index in [1.165, 1.54) is 27.5 Å². The molecule has 0 saturated carbocycles. The fraction of sp³-hybridized carbons (Fsp3) is 0. The molecule has 60 heavy (non-hydrogen) atoms. The molecule has 0 fully saturated rings. The molecule has 0 aliphatic heterocycles. The highest BCUT2D eigenvalue weighted by Gasteiger charge is 2.14. The van der Waals surface area contributed by atoms with Crippen molar-refractivity contribution < 1.29 is 0 Å². The van der Waals surface area contributed by atoms with Gasteiger partial charge in [-0.2, -0.15) is 0 Å². The van der Waals surface area contributed by atoms with Crippen molar-refractivity contribution in [2.45, 2.75) is 0 Å². The Balaban J connectivity index is 0.924. The third-order valence-electron chi connectivity index (χ3n) is 11.4. The van der Waals surface area contributed by atoms with Gasteiger partial charge in [-0.1, -0.05) is 188 Å². The predicted octanol–water partition coefficient (Wildman–Crippen LogP) is 14.4. The molecule has 4 nitrogen and oxygen atoms in total. The summed E-state index contributed by atoms with van der Waals surface area (Å²) < 4.78 is 0. The van der Waals surface area contributed by atoms with E-state index < -0.39 is 0 Å². The molecule has 11 aromatic rings. The lowest BCUT2D eigenvalue weighted by molar-refractivity contribution is 1.18. The Kier molecular flexibility index (Phi) is 8.79. The van der Waals surface area contributed by atoms with Crippen molar-refractivity contribution in [1.29, 1.82) is 0 Å². The van der Waals surface area contributed by atoms with Crippen LogP contribution in [0.2, 0.25) is 0 Å². The maximum atomic E-state index is 5.11. The zero-order chi connectivity index (χ0) is 39.8. The van der Waals surface area contributed by atoms with E-state index >= 15 is 0 Å². The van der Waals surface area contributed by atoms with Crippen LogP contribution in [0.5, 0.6) is 0 Å². The van der Waals surface area contributed by atoms with Gasteiger partial charge in [-0.05, 0) is 68.4 Å². The Morgan fingerprint density at radius 1 is 0.267 bits per heavy atom. The van der Waals surface area contributed by atoms with Crippen molar-refractivity contribution in [3.8, 4) is 78.5 Å². The number of benzene rings is 8. The number of hydrogen-bond acceptors (Lipinski definition) is 4. The zero-order valence-electron chi connectivity index (χ0n) is 32.6. The van der Waals surface area contributed by atoms with Gasteiger partial charge in [0.15, 0.2) is 5.82 Å². The van der Waals surface area contributed by atoms with Gasteiger partial charge in [0.05, 0.1) is 28.1 Å². The average Bonchev–Trinajstić information content (AvgIpc) is 3.34. The lowest BCUT2D eigenvalue weighted by atomic mass is 9.91. The third-order valence-corrected chi connectivity index (χ3v) is 11.4. The number of aromatic nitrogens is 4. The van der Waals surface area contributed by atoms with Crippen LogP contribution < -0.4 is 0 Å². The highest BCUT2D eigenvalue weighted by atomic mass is 14.9. The lowest BCUT2D eigenvalue weighted by Gasteiger charge is -2.14. The van der Waals surface area contributed by atoms with Crippen molar-refractivity contribution in [3.05, 3.63) is 219 Å². The molecule has 0 unspecified atom stereocenters. The minimum absolute atomic E-state index is 0.700. The third kappa shape index (κ3) is 6.56. The molecule has 0 atom stereocenters. The van der Waals surface area contributed by atoms with E-state index in [0.29, 0.717) is 5.82 Å². The number of pyridine rings is 2. The molecule has 8 aromatic carbocycles. The topological polar surface area (TPSA) is 51.6 Å². The van der Waals surface area contributed by atoms with Crippen LogP contribution >= 0.6 is 0 Å². The van der Waals surface area contributed by atoms with Crippen LogP contribution in [0.4, 0.5) is 0 Å². The molecule has 0 amide bonds. The van der Waals surface area contributed by atoms with E-state index in [-0.39, 0.29) is 0 Å². The predicted molar refractivity (Wildman–Crippen MR) is 248 cm³/mol. The number of fused-ring (bicyclic) bond motifs is 4. The number of hydrogen-bond donors (Lipinski definition) is 0. The summed E-state index contributed by atoms with van der Waals surface area (Å²) in [6.45, 7) is 0. The van der Waals surface area contributed by atoms with E-state index in [2.05, 4.69) is 187 Å². The number of nitrogens with zero attached hydrogens (tertiary/aromatic N) is 4. The van der Waals surface area contributed by atoms with Crippen molar-refractivity contribution in [3.63, 3.8) is 0 Å². The summed E-state index contributed by atoms with van der Waals surface area (Å²) in [7, 11) is 0. The molecule has 0 radical (unpaired) electrons. The van der Waals surface area contributed by atoms with Gasteiger partial charge in [0.25, 0.3) is 0 Å². The van der Waals surface area contributed by atoms with Crippen LogP contribution in [0.25, 0.3) is 111 Å². The fourth-order valence-corrected chi connectivity index (χ4v) is 8.28. The second-order valence-corrected chi connectivity index (χ2v) is 15.0. The van der Waals surface area contributed by atoms with Gasteiger partial charge >= 0.3 is 0 Å². The van der Waals surface area contributed by atoms with Gasteiger partial charge in [0, 0.05) is 39.2 Å². The zero-order valence-corrected chi connectivity index (χ0v) is 32.6. The average molecular weight is 765 g/mol. The summed E-state index contributed by atoms with van der Waals surface area (Å²) in [5, 5.41) is 4.59. The van der Waals surface area contributed by atoms with Gasteiger partial charge in [-0.25, -0.2) is 15.0 Å². The van der Waals surface area contributed by atoms with Crippen LogP contribution in [0.15, 0.2) is 219 Å². The van der Waals surface area contributed by atoms with Gasteiger partial charge in [0.1, 0.15) is 0 Å². The Morgan fingerprint density at radius 2 is 0.783 bits per heavy atom. The monoisotopic (exact) mass is 764 g/mol. The Hall–Kier alpha value is -8.08. The quantitative estimate of drug-likeness (QED) is 0.152. The molecule has 0 spiro atoms. The van der Waals surface area contributed by atoms with Gasteiger partial charge in [-0.15, -0.1) is 0 Å². The van der Waals surface area contributed by atoms with Crippen LogP contribution in [-0.2, 0) is 0 Å². The molecule has 3 heterocycles. The van der Waals surface area contributed by atoms with Gasteiger partial charge < -0.3 is 0 Å². The van der Waals surface area contributed by atoms with E-state index in [4.69, 9.17) is 15.0 Å². The minimum Gasteiger partial charge on any atom is -0.254 e. The lowest BCUT2D eigenvalue weighted by Crippen LogP contribution is -1.96. The van der Waals surface area contributed by atoms with Crippen molar-refractivity contribution in [2.75, 3.05) is 0 Å². The molecule has 280 valence electrons. The first-order chi connectivity index (χ1) is 29.7. The Labute approximate surface area is 348 Å². The van der Waals surface area contributed by atoms with Crippen LogP contribution in [0.1, 0.15) is 0 Å². The van der Waals surface area contributed by atoms with E-state index in [1.54, 1.807) is 0 Å². The van der Waals surface area contributed by atoms with Crippen LogP contribution in [0.3, 0.4) is 0 Å². The largest absolute Gasteiger partial charge is 0.254 e. The second kappa shape index (κ2) is 15.0. The van der Waals surface area contributed by atoms with E-state index in [0.717, 1.165) is 77.8 Å². The maximum absolute atomic E-state index is 5.11. The van der Waals surface area contributed by atoms with E-state index in [1.807, 2.05) is 36.5 Å². The first-order valence-electron chi connectivity index (χ1n) is 20.2. The van der Waals surface area contributed by atoms with Crippen molar-refractivity contribution >= 4 is 32.6 Å². The SMILES string of the molecule is c1ccc(-c2cccc(-c3cc(-c4ccc(-c5ccc(-c6ccc(-c7ccc8ccc9cccnc9c8n7)cc6)c6ccccc56)cc4)nc(-c4ccccc4)n3)c2)cc1. The summed E-state index contributed by atoms with van der Waals surface area (Å²) in [4.78, 5) is 19.9. The summed E-state index contributed by atoms with van der Waals surface area (Å²) >= 11 is 0. The van der Waals surface area contributed by atoms with Crippen LogP contribution in [0, 0.1) is 0 Å². The second-order valence-electron chi connectivity index (χ2n) is 15.0. The standard InChI is InChI=1S/C56H36N4/c1-3-11-37(12-4-1)45-15-9-16-46(35-45)53-36-52(59-56(60-53)44-13-5-2-6-14-44)41-26-22-39(23-27-41)48-32-31-47(49-18-7-8-19-50(48)49)38-20-24-40(25-21-38)51-33-30-43-29-28-42-17-10-34-57-54(42)55(43)58-51/h1-36H. The first kappa shape index (κ1) is 35.1. The first-order valence-corrected chi connectivity index (χ1v) is 20.2. The Morgan fingerprint density at radius 3 is 1.45 bits per heavy atom. The fourth-order valence-electron chi connectivity index (χ4n) is 8.28. The molecule has 0 N–H and O–H groups in total. The molecule has 3 aromatic heterocycles.